The van der Waals surface area contributed by atoms with Crippen LogP contribution in [0.3, 0.4) is 0 Å². The molecule has 1 N–H and O–H groups in total. The van der Waals surface area contributed by atoms with E-state index in [2.05, 4.69) is 24.3 Å². The first-order chi connectivity index (χ1) is 11.5. The number of aromatic nitrogens is 2. The quantitative estimate of drug-likeness (QED) is 0.882. The van der Waals surface area contributed by atoms with Crippen molar-refractivity contribution in [1.29, 1.82) is 0 Å². The number of benzene rings is 1. The van der Waals surface area contributed by atoms with Crippen LogP contribution in [0.1, 0.15) is 43.5 Å². The van der Waals surface area contributed by atoms with Gasteiger partial charge in [-0.1, -0.05) is 12.1 Å². The predicted molar refractivity (Wildman–Crippen MR) is 86.5 cm³/mol. The average Bonchev–Trinajstić information content (AvgIpc) is 3.19. The van der Waals surface area contributed by atoms with Crippen LogP contribution in [-0.2, 0) is 11.2 Å². The van der Waals surface area contributed by atoms with Gasteiger partial charge in [-0.3, -0.25) is 9.48 Å². The molecule has 24 heavy (non-hydrogen) atoms. The van der Waals surface area contributed by atoms with Gasteiger partial charge in [0, 0.05) is 31.1 Å². The third-order valence-electron chi connectivity index (χ3n) is 4.38. The van der Waals surface area contributed by atoms with E-state index in [0.717, 1.165) is 11.8 Å². The minimum atomic E-state index is -0.862. The Hall–Kier alpha value is -2.24. The van der Waals surface area contributed by atoms with Gasteiger partial charge in [0.25, 0.3) is 0 Å². The van der Waals surface area contributed by atoms with E-state index in [-0.39, 0.29) is 17.7 Å². The number of hydrogen-bond acceptors (Lipinski definition) is 2. The molecule has 0 bridgehead atoms. The van der Waals surface area contributed by atoms with Gasteiger partial charge in [-0.25, -0.2) is 8.78 Å². The number of nitrogens with zero attached hydrogens (tertiary/aromatic N) is 2. The smallest absolute Gasteiger partial charge is 0.223 e. The second kappa shape index (κ2) is 6.71. The van der Waals surface area contributed by atoms with E-state index in [4.69, 9.17) is 0 Å². The molecule has 128 valence electrons. The lowest BCUT2D eigenvalue weighted by atomic mass is 10.1. The molecule has 1 aliphatic carbocycles. The lowest BCUT2D eigenvalue weighted by Crippen LogP contribution is -2.27. The van der Waals surface area contributed by atoms with Crippen molar-refractivity contribution in [1.82, 2.24) is 15.1 Å². The number of hydrogen-bond donors (Lipinski definition) is 1. The molecule has 0 spiro atoms. The van der Waals surface area contributed by atoms with Crippen molar-refractivity contribution in [2.45, 2.75) is 38.6 Å². The normalized spacial score (nSPS) is 19.5. The van der Waals surface area contributed by atoms with Gasteiger partial charge < -0.3 is 5.32 Å². The van der Waals surface area contributed by atoms with Gasteiger partial charge in [0.15, 0.2) is 11.6 Å². The molecular formula is C18H21F2N3O. The molecule has 1 aromatic carbocycles. The number of halogens is 2. The molecule has 4 nitrogen and oxygen atoms in total. The summed E-state index contributed by atoms with van der Waals surface area (Å²) in [6.45, 7) is 4.59. The zero-order valence-corrected chi connectivity index (χ0v) is 13.8. The van der Waals surface area contributed by atoms with Crippen LogP contribution < -0.4 is 5.32 Å². The van der Waals surface area contributed by atoms with Gasteiger partial charge in [0.2, 0.25) is 5.91 Å². The first kappa shape index (κ1) is 16.6. The van der Waals surface area contributed by atoms with Crippen LogP contribution in [0.15, 0.2) is 30.5 Å². The molecule has 1 saturated carbocycles. The van der Waals surface area contributed by atoms with Crippen LogP contribution in [-0.4, -0.2) is 22.2 Å². The lowest BCUT2D eigenvalue weighted by Gasteiger charge is -2.06. The van der Waals surface area contributed by atoms with E-state index in [1.165, 1.54) is 6.07 Å². The zero-order chi connectivity index (χ0) is 17.3. The second-order valence-electron chi connectivity index (χ2n) is 6.51. The van der Waals surface area contributed by atoms with Crippen molar-refractivity contribution in [3.05, 3.63) is 53.4 Å². The Labute approximate surface area is 139 Å². The van der Waals surface area contributed by atoms with Gasteiger partial charge in [-0.05, 0) is 43.9 Å². The molecule has 2 atom stereocenters. The van der Waals surface area contributed by atoms with Gasteiger partial charge in [0.05, 0.1) is 5.69 Å². The van der Waals surface area contributed by atoms with Crippen LogP contribution in [0, 0.1) is 17.6 Å². The molecule has 1 aliphatic rings. The van der Waals surface area contributed by atoms with Crippen LogP contribution in [0.25, 0.3) is 0 Å². The molecule has 1 fully saturated rings. The van der Waals surface area contributed by atoms with Crippen molar-refractivity contribution >= 4 is 5.91 Å². The van der Waals surface area contributed by atoms with Crippen LogP contribution in [0.5, 0.6) is 0 Å². The summed E-state index contributed by atoms with van der Waals surface area (Å²) < 4.78 is 28.9. The highest BCUT2D eigenvalue weighted by atomic mass is 19.2. The van der Waals surface area contributed by atoms with Crippen LogP contribution in [0.4, 0.5) is 8.78 Å². The molecule has 0 aliphatic heterocycles. The fraction of sp³-hybridized carbons (Fsp3) is 0.444. The third kappa shape index (κ3) is 3.47. The number of rotatable bonds is 6. The largest absolute Gasteiger partial charge is 0.355 e. The monoisotopic (exact) mass is 333 g/mol. The number of nitrogens with one attached hydrogen (secondary N) is 1. The maximum absolute atomic E-state index is 13.8. The molecule has 0 unspecified atom stereocenters. The fourth-order valence-electron chi connectivity index (χ4n) is 2.88. The Balaban J connectivity index is 1.49. The highest BCUT2D eigenvalue weighted by Crippen LogP contribution is 2.48. The molecule has 1 amide bonds. The predicted octanol–water partition coefficient (Wildman–Crippen LogP) is 3.20. The van der Waals surface area contributed by atoms with E-state index in [1.54, 1.807) is 6.07 Å². The zero-order valence-electron chi connectivity index (χ0n) is 13.8. The van der Waals surface area contributed by atoms with E-state index in [1.807, 2.05) is 16.9 Å². The molecule has 2 aromatic rings. The average molecular weight is 333 g/mol. The number of amides is 1. The Morgan fingerprint density at radius 2 is 2.17 bits per heavy atom. The third-order valence-corrected chi connectivity index (χ3v) is 4.38. The molecular weight excluding hydrogens is 312 g/mol. The lowest BCUT2D eigenvalue weighted by molar-refractivity contribution is -0.122. The summed E-state index contributed by atoms with van der Waals surface area (Å²) in [5.74, 6) is -2.29. The first-order valence-corrected chi connectivity index (χ1v) is 8.23. The molecule has 3 rings (SSSR count). The summed E-state index contributed by atoms with van der Waals surface area (Å²) in [6, 6.07) is 6.36. The minimum absolute atomic E-state index is 0.105. The number of carbonyl (C=O) groups is 1. The molecule has 0 radical (unpaired) electrons. The van der Waals surface area contributed by atoms with E-state index >= 15 is 0 Å². The Morgan fingerprint density at radius 3 is 2.88 bits per heavy atom. The maximum atomic E-state index is 13.8. The maximum Gasteiger partial charge on any atom is 0.223 e. The molecule has 1 aromatic heterocycles. The number of carbonyl (C=O) groups excluding carboxylic acids is 1. The standard InChI is InChI=1S/C18H21F2N3O/c1-11(2)23-9-7-12(22-23)6-8-21-18(24)15-10-14(15)13-4-3-5-16(19)17(13)20/h3-5,7,9,11,14-15H,6,8,10H2,1-2H3,(H,21,24)/t14-,15+/m0/s1. The van der Waals surface area contributed by atoms with Crippen molar-refractivity contribution in [3.8, 4) is 0 Å². The molecule has 6 heteroatoms. The van der Waals surface area contributed by atoms with Crippen molar-refractivity contribution in [3.63, 3.8) is 0 Å². The van der Waals surface area contributed by atoms with Gasteiger partial charge in [0.1, 0.15) is 0 Å². The van der Waals surface area contributed by atoms with Crippen LogP contribution >= 0.6 is 0 Å². The highest BCUT2D eigenvalue weighted by molar-refractivity contribution is 5.82. The van der Waals surface area contributed by atoms with Crippen LogP contribution in [0.2, 0.25) is 0 Å². The van der Waals surface area contributed by atoms with Gasteiger partial charge in [-0.2, -0.15) is 5.10 Å². The summed E-state index contributed by atoms with van der Waals surface area (Å²) >= 11 is 0. The van der Waals surface area contributed by atoms with E-state index in [9.17, 15) is 13.6 Å². The Bertz CT molecular complexity index is 742. The Kier molecular flexibility index (Phi) is 4.64. The molecule has 0 saturated heterocycles. The SMILES string of the molecule is CC(C)n1ccc(CCNC(=O)[C@@H]2C[C@H]2c2cccc(F)c2F)n1. The molecule has 1 heterocycles. The summed E-state index contributed by atoms with van der Waals surface area (Å²) in [5, 5.41) is 7.29. The topological polar surface area (TPSA) is 46.9 Å². The summed E-state index contributed by atoms with van der Waals surface area (Å²) in [7, 11) is 0. The first-order valence-electron chi connectivity index (χ1n) is 8.23. The summed E-state index contributed by atoms with van der Waals surface area (Å²) in [6.07, 6.45) is 3.14. The second-order valence-corrected chi connectivity index (χ2v) is 6.51. The van der Waals surface area contributed by atoms with E-state index < -0.39 is 11.6 Å². The van der Waals surface area contributed by atoms with Crippen molar-refractivity contribution in [2.75, 3.05) is 6.54 Å². The fourth-order valence-corrected chi connectivity index (χ4v) is 2.88. The van der Waals surface area contributed by atoms with Gasteiger partial charge >= 0.3 is 0 Å². The Morgan fingerprint density at radius 1 is 1.38 bits per heavy atom. The van der Waals surface area contributed by atoms with Crippen molar-refractivity contribution < 1.29 is 13.6 Å². The van der Waals surface area contributed by atoms with Gasteiger partial charge in [-0.15, -0.1) is 0 Å². The summed E-state index contributed by atoms with van der Waals surface area (Å²) in [5.41, 5.74) is 1.22. The van der Waals surface area contributed by atoms with Crippen molar-refractivity contribution in [2.24, 2.45) is 5.92 Å². The minimum Gasteiger partial charge on any atom is -0.355 e. The highest BCUT2D eigenvalue weighted by Gasteiger charge is 2.45. The summed E-state index contributed by atoms with van der Waals surface area (Å²) in [4.78, 5) is 12.1. The van der Waals surface area contributed by atoms with E-state index in [0.29, 0.717) is 31.0 Å².